The number of hydrogen-bond acceptors (Lipinski definition) is 2. The SMILES string of the molecule is CCN(N)c1ccccc1.O. The zero-order chi connectivity index (χ0) is 7.40. The van der Waals surface area contributed by atoms with E-state index < -0.39 is 0 Å². The van der Waals surface area contributed by atoms with Crippen molar-refractivity contribution in [2.24, 2.45) is 5.84 Å². The monoisotopic (exact) mass is 154 g/mol. The molecule has 0 aliphatic rings. The van der Waals surface area contributed by atoms with Gasteiger partial charge in [-0.2, -0.15) is 0 Å². The molecule has 3 heteroatoms. The van der Waals surface area contributed by atoms with Gasteiger partial charge in [0.1, 0.15) is 0 Å². The first-order valence-electron chi connectivity index (χ1n) is 3.42. The molecule has 1 rings (SSSR count). The molecule has 3 nitrogen and oxygen atoms in total. The molecule has 0 spiro atoms. The van der Waals surface area contributed by atoms with E-state index in [0.29, 0.717) is 0 Å². The van der Waals surface area contributed by atoms with Crippen LogP contribution >= 0.6 is 0 Å². The van der Waals surface area contributed by atoms with Gasteiger partial charge in [0.25, 0.3) is 0 Å². The summed E-state index contributed by atoms with van der Waals surface area (Å²) in [4.78, 5) is 0. The van der Waals surface area contributed by atoms with Crippen molar-refractivity contribution in [1.29, 1.82) is 0 Å². The Balaban J connectivity index is 0.000001000. The van der Waals surface area contributed by atoms with Crippen LogP contribution in [0.25, 0.3) is 0 Å². The highest BCUT2D eigenvalue weighted by Gasteiger charge is 1.93. The van der Waals surface area contributed by atoms with E-state index in [1.807, 2.05) is 37.3 Å². The fraction of sp³-hybridized carbons (Fsp3) is 0.250. The van der Waals surface area contributed by atoms with Gasteiger partial charge in [-0.25, -0.2) is 5.84 Å². The van der Waals surface area contributed by atoms with Gasteiger partial charge in [-0.1, -0.05) is 18.2 Å². The van der Waals surface area contributed by atoms with Crippen LogP contribution in [0.2, 0.25) is 0 Å². The molecule has 62 valence electrons. The van der Waals surface area contributed by atoms with E-state index in [0.717, 1.165) is 12.2 Å². The molecule has 4 N–H and O–H groups in total. The standard InChI is InChI=1S/C8H12N2.H2O/c1-2-10(9)8-6-4-3-5-7-8;/h3-7H,2,9H2,1H3;1H2. The summed E-state index contributed by atoms with van der Waals surface area (Å²) >= 11 is 0. The number of anilines is 1. The Morgan fingerprint density at radius 2 is 1.82 bits per heavy atom. The van der Waals surface area contributed by atoms with Crippen molar-refractivity contribution in [2.45, 2.75) is 6.92 Å². The molecule has 0 atom stereocenters. The molecule has 0 saturated heterocycles. The summed E-state index contributed by atoms with van der Waals surface area (Å²) in [5.74, 6) is 5.63. The Hall–Kier alpha value is -1.06. The molecule has 0 saturated carbocycles. The fourth-order valence-electron chi connectivity index (χ4n) is 0.802. The van der Waals surface area contributed by atoms with Crippen LogP contribution in [0.15, 0.2) is 30.3 Å². The summed E-state index contributed by atoms with van der Waals surface area (Å²) < 4.78 is 0. The van der Waals surface area contributed by atoms with Crippen LogP contribution < -0.4 is 10.9 Å². The van der Waals surface area contributed by atoms with Gasteiger partial charge in [-0.3, -0.25) is 0 Å². The lowest BCUT2D eigenvalue weighted by molar-refractivity contribution is 0.824. The van der Waals surface area contributed by atoms with Crippen molar-refractivity contribution in [1.82, 2.24) is 0 Å². The highest BCUT2D eigenvalue weighted by molar-refractivity contribution is 5.43. The number of nitrogens with two attached hydrogens (primary N) is 1. The number of benzene rings is 1. The minimum absolute atomic E-state index is 0. The molecular formula is C8H14N2O. The van der Waals surface area contributed by atoms with Crippen molar-refractivity contribution in [3.63, 3.8) is 0 Å². The molecule has 1 aromatic carbocycles. The summed E-state index contributed by atoms with van der Waals surface area (Å²) in [5, 5.41) is 1.71. The normalized spacial score (nSPS) is 8.55. The highest BCUT2D eigenvalue weighted by atomic mass is 16.0. The maximum Gasteiger partial charge on any atom is 0.0517 e. The fourth-order valence-corrected chi connectivity index (χ4v) is 0.802. The lowest BCUT2D eigenvalue weighted by Gasteiger charge is -2.14. The van der Waals surface area contributed by atoms with Crippen LogP contribution in [0.4, 0.5) is 5.69 Å². The number of nitrogens with zero attached hydrogens (tertiary/aromatic N) is 1. The Labute approximate surface area is 66.7 Å². The van der Waals surface area contributed by atoms with Crippen molar-refractivity contribution in [3.8, 4) is 0 Å². The second kappa shape index (κ2) is 4.71. The summed E-state index contributed by atoms with van der Waals surface area (Å²) in [7, 11) is 0. The second-order valence-electron chi connectivity index (χ2n) is 2.12. The first kappa shape index (κ1) is 9.94. The smallest absolute Gasteiger partial charge is 0.0517 e. The average molecular weight is 154 g/mol. The molecule has 0 unspecified atom stereocenters. The Morgan fingerprint density at radius 1 is 1.27 bits per heavy atom. The lowest BCUT2D eigenvalue weighted by Crippen LogP contribution is -2.29. The minimum atomic E-state index is 0. The van der Waals surface area contributed by atoms with Crippen molar-refractivity contribution in [3.05, 3.63) is 30.3 Å². The summed E-state index contributed by atoms with van der Waals surface area (Å²) in [6, 6.07) is 9.91. The molecule has 0 heterocycles. The topological polar surface area (TPSA) is 60.8 Å². The molecular weight excluding hydrogens is 140 g/mol. The van der Waals surface area contributed by atoms with Crippen LogP contribution in [-0.4, -0.2) is 12.0 Å². The third-order valence-corrected chi connectivity index (χ3v) is 1.43. The first-order valence-corrected chi connectivity index (χ1v) is 3.42. The minimum Gasteiger partial charge on any atom is -0.412 e. The van der Waals surface area contributed by atoms with Gasteiger partial charge in [-0.15, -0.1) is 0 Å². The molecule has 0 aliphatic heterocycles. The van der Waals surface area contributed by atoms with E-state index in [-0.39, 0.29) is 5.48 Å². The second-order valence-corrected chi connectivity index (χ2v) is 2.12. The van der Waals surface area contributed by atoms with Crippen LogP contribution in [0.3, 0.4) is 0 Å². The van der Waals surface area contributed by atoms with Gasteiger partial charge in [0.15, 0.2) is 0 Å². The molecule has 0 aromatic heterocycles. The van der Waals surface area contributed by atoms with Crippen molar-refractivity contribution >= 4 is 5.69 Å². The predicted octanol–water partition coefficient (Wildman–Crippen LogP) is 0.562. The summed E-state index contributed by atoms with van der Waals surface area (Å²) in [5.41, 5.74) is 1.06. The van der Waals surface area contributed by atoms with Crippen LogP contribution in [0.1, 0.15) is 6.92 Å². The molecule has 0 aliphatic carbocycles. The van der Waals surface area contributed by atoms with E-state index in [4.69, 9.17) is 5.84 Å². The Kier molecular flexibility index (Phi) is 4.26. The van der Waals surface area contributed by atoms with Gasteiger partial charge in [0, 0.05) is 6.54 Å². The van der Waals surface area contributed by atoms with Crippen LogP contribution in [-0.2, 0) is 0 Å². The quantitative estimate of drug-likeness (QED) is 0.500. The first-order chi connectivity index (χ1) is 4.84. The van der Waals surface area contributed by atoms with E-state index in [1.165, 1.54) is 0 Å². The van der Waals surface area contributed by atoms with Gasteiger partial charge in [0.05, 0.1) is 5.69 Å². The number of hydrazine groups is 1. The van der Waals surface area contributed by atoms with E-state index in [9.17, 15) is 0 Å². The van der Waals surface area contributed by atoms with Crippen molar-refractivity contribution < 1.29 is 5.48 Å². The highest BCUT2D eigenvalue weighted by Crippen LogP contribution is 2.07. The van der Waals surface area contributed by atoms with E-state index in [1.54, 1.807) is 5.01 Å². The molecule has 1 aromatic rings. The van der Waals surface area contributed by atoms with Crippen LogP contribution in [0, 0.1) is 0 Å². The maximum absolute atomic E-state index is 5.63. The molecule has 11 heavy (non-hydrogen) atoms. The average Bonchev–Trinajstić information content (AvgIpc) is 2.05. The van der Waals surface area contributed by atoms with E-state index >= 15 is 0 Å². The summed E-state index contributed by atoms with van der Waals surface area (Å²) in [6.45, 7) is 2.86. The molecule has 0 radical (unpaired) electrons. The zero-order valence-corrected chi connectivity index (χ0v) is 6.62. The lowest BCUT2D eigenvalue weighted by atomic mass is 10.3. The summed E-state index contributed by atoms with van der Waals surface area (Å²) in [6.07, 6.45) is 0. The third-order valence-electron chi connectivity index (χ3n) is 1.43. The van der Waals surface area contributed by atoms with Gasteiger partial charge in [0.2, 0.25) is 0 Å². The van der Waals surface area contributed by atoms with Crippen molar-refractivity contribution in [2.75, 3.05) is 11.6 Å². The Bertz CT molecular complexity index is 189. The zero-order valence-electron chi connectivity index (χ0n) is 6.62. The molecule has 0 bridgehead atoms. The molecule has 0 fully saturated rings. The van der Waals surface area contributed by atoms with Gasteiger partial charge < -0.3 is 10.5 Å². The van der Waals surface area contributed by atoms with Gasteiger partial charge in [-0.05, 0) is 19.1 Å². The Morgan fingerprint density at radius 3 is 2.27 bits per heavy atom. The van der Waals surface area contributed by atoms with Gasteiger partial charge >= 0.3 is 0 Å². The number of rotatable bonds is 2. The predicted molar refractivity (Wildman–Crippen MR) is 47.3 cm³/mol. The molecule has 0 amide bonds. The number of hydrogen-bond donors (Lipinski definition) is 1. The van der Waals surface area contributed by atoms with Crippen LogP contribution in [0.5, 0.6) is 0 Å². The number of para-hydroxylation sites is 1. The largest absolute Gasteiger partial charge is 0.412 e. The maximum atomic E-state index is 5.63. The third kappa shape index (κ3) is 2.57. The van der Waals surface area contributed by atoms with E-state index in [2.05, 4.69) is 0 Å².